The van der Waals surface area contributed by atoms with Crippen LogP contribution in [-0.2, 0) is 6.42 Å². The van der Waals surface area contributed by atoms with Crippen molar-refractivity contribution in [2.24, 2.45) is 5.92 Å². The van der Waals surface area contributed by atoms with E-state index >= 15 is 0 Å². The molecule has 0 bridgehead atoms. The van der Waals surface area contributed by atoms with E-state index in [2.05, 4.69) is 4.98 Å². The van der Waals surface area contributed by atoms with Gasteiger partial charge in [-0.25, -0.2) is 0 Å². The van der Waals surface area contributed by atoms with Gasteiger partial charge in [-0.3, -0.25) is 4.98 Å². The van der Waals surface area contributed by atoms with Crippen LogP contribution < -0.4 is 0 Å². The summed E-state index contributed by atoms with van der Waals surface area (Å²) in [7, 11) is 0. The normalized spacial score (nSPS) is 15.3. The Bertz CT molecular complexity index is 317. The fourth-order valence-corrected chi connectivity index (χ4v) is 1.56. The van der Waals surface area contributed by atoms with Crippen LogP contribution in [0.15, 0.2) is 18.5 Å². The van der Waals surface area contributed by atoms with Crippen LogP contribution in [0.4, 0.5) is 0 Å². The number of nitrogens with zero attached hydrogens (tertiary/aromatic N) is 1. The highest BCUT2D eigenvalue weighted by atomic mass is 35.5. The van der Waals surface area contributed by atoms with E-state index in [1.807, 2.05) is 13.8 Å². The topological polar surface area (TPSA) is 53.4 Å². The number of aliphatic hydroxyl groups is 2. The lowest BCUT2D eigenvalue weighted by Gasteiger charge is -2.21. The van der Waals surface area contributed by atoms with E-state index in [0.29, 0.717) is 11.4 Å². The third-order valence-electron chi connectivity index (χ3n) is 2.36. The maximum Gasteiger partial charge on any atom is 0.0842 e. The van der Waals surface area contributed by atoms with Crippen molar-refractivity contribution in [1.82, 2.24) is 4.98 Å². The largest absolute Gasteiger partial charge is 0.390 e. The molecular weight excluding hydrogens is 214 g/mol. The average molecular weight is 230 g/mol. The van der Waals surface area contributed by atoms with Crippen molar-refractivity contribution < 1.29 is 10.2 Å². The summed E-state index contributed by atoms with van der Waals surface area (Å²) in [6.07, 6.45) is 1.99. The predicted octanol–water partition coefficient (Wildman–Crippen LogP) is 1.66. The molecule has 0 saturated heterocycles. The van der Waals surface area contributed by atoms with E-state index in [0.717, 1.165) is 5.56 Å². The predicted molar refractivity (Wildman–Crippen MR) is 59.8 cm³/mol. The Balaban J connectivity index is 2.66. The molecule has 0 fully saturated rings. The van der Waals surface area contributed by atoms with Gasteiger partial charge >= 0.3 is 0 Å². The zero-order valence-electron chi connectivity index (χ0n) is 8.89. The second-order valence-electron chi connectivity index (χ2n) is 3.97. The molecule has 0 saturated carbocycles. The van der Waals surface area contributed by atoms with E-state index < -0.39 is 12.2 Å². The molecule has 0 aliphatic carbocycles. The summed E-state index contributed by atoms with van der Waals surface area (Å²) >= 11 is 5.90. The number of pyridine rings is 1. The molecular formula is C11H16ClNO2. The Labute approximate surface area is 94.7 Å². The van der Waals surface area contributed by atoms with Gasteiger partial charge in [0.25, 0.3) is 0 Å². The van der Waals surface area contributed by atoms with E-state index in [9.17, 15) is 10.2 Å². The molecule has 3 nitrogen and oxygen atoms in total. The van der Waals surface area contributed by atoms with Crippen LogP contribution in [0, 0.1) is 5.92 Å². The van der Waals surface area contributed by atoms with Crippen molar-refractivity contribution in [1.29, 1.82) is 0 Å². The van der Waals surface area contributed by atoms with Crippen LogP contribution >= 0.6 is 11.6 Å². The molecule has 1 heterocycles. The Morgan fingerprint density at radius 1 is 1.40 bits per heavy atom. The van der Waals surface area contributed by atoms with Gasteiger partial charge in [0.1, 0.15) is 0 Å². The molecule has 0 amide bonds. The third kappa shape index (κ3) is 3.45. The molecule has 1 aromatic rings. The molecule has 15 heavy (non-hydrogen) atoms. The molecule has 0 spiro atoms. The highest BCUT2D eigenvalue weighted by Gasteiger charge is 2.20. The second-order valence-corrected chi connectivity index (χ2v) is 4.38. The monoisotopic (exact) mass is 229 g/mol. The van der Waals surface area contributed by atoms with Crippen LogP contribution in [0.25, 0.3) is 0 Å². The Morgan fingerprint density at radius 3 is 2.60 bits per heavy atom. The lowest BCUT2D eigenvalue weighted by molar-refractivity contribution is -0.00731. The maximum absolute atomic E-state index is 9.74. The first-order chi connectivity index (χ1) is 7.02. The van der Waals surface area contributed by atoms with E-state index in [1.165, 1.54) is 6.20 Å². The summed E-state index contributed by atoms with van der Waals surface area (Å²) in [5.41, 5.74) is 0.805. The van der Waals surface area contributed by atoms with E-state index in [1.54, 1.807) is 12.3 Å². The van der Waals surface area contributed by atoms with E-state index in [4.69, 9.17) is 11.6 Å². The lowest BCUT2D eigenvalue weighted by atomic mass is 9.97. The zero-order chi connectivity index (χ0) is 11.4. The van der Waals surface area contributed by atoms with Crippen LogP contribution in [0.1, 0.15) is 19.4 Å². The summed E-state index contributed by atoms with van der Waals surface area (Å²) in [6, 6.07) is 1.75. The number of aliphatic hydroxyl groups excluding tert-OH is 2. The van der Waals surface area contributed by atoms with Gasteiger partial charge in [0.15, 0.2) is 0 Å². The van der Waals surface area contributed by atoms with Gasteiger partial charge < -0.3 is 10.2 Å². The smallest absolute Gasteiger partial charge is 0.0842 e. The number of rotatable bonds is 4. The first-order valence-corrected chi connectivity index (χ1v) is 5.34. The van der Waals surface area contributed by atoms with Crippen LogP contribution in [0.3, 0.4) is 0 Å². The number of hydrogen-bond donors (Lipinski definition) is 2. The van der Waals surface area contributed by atoms with Crippen molar-refractivity contribution in [2.75, 3.05) is 0 Å². The van der Waals surface area contributed by atoms with Crippen molar-refractivity contribution in [3.63, 3.8) is 0 Å². The highest BCUT2D eigenvalue weighted by molar-refractivity contribution is 6.31. The number of hydrogen-bond acceptors (Lipinski definition) is 3. The molecule has 0 aliphatic rings. The molecule has 84 valence electrons. The standard InChI is InChI=1S/C11H16ClNO2/c1-7(2)11(15)10(14)5-8-3-4-13-6-9(8)12/h3-4,6-7,10-11,14-15H,5H2,1-2H3. The van der Waals surface area contributed by atoms with Crippen molar-refractivity contribution >= 4 is 11.6 Å². The Morgan fingerprint density at radius 2 is 2.07 bits per heavy atom. The van der Waals surface area contributed by atoms with Gasteiger partial charge in [0.05, 0.1) is 17.2 Å². The van der Waals surface area contributed by atoms with Gasteiger partial charge in [-0.05, 0) is 17.5 Å². The van der Waals surface area contributed by atoms with Crippen LogP contribution in [-0.4, -0.2) is 27.4 Å². The molecule has 4 heteroatoms. The van der Waals surface area contributed by atoms with Gasteiger partial charge in [0, 0.05) is 18.8 Å². The summed E-state index contributed by atoms with van der Waals surface area (Å²) in [6.45, 7) is 3.73. The highest BCUT2D eigenvalue weighted by Crippen LogP contribution is 2.18. The minimum atomic E-state index is -0.787. The summed E-state index contributed by atoms with van der Waals surface area (Å²) in [4.78, 5) is 3.86. The number of aromatic nitrogens is 1. The molecule has 1 aromatic heterocycles. The first kappa shape index (κ1) is 12.4. The Kier molecular flexibility index (Phi) is 4.51. The molecule has 0 radical (unpaired) electrons. The lowest BCUT2D eigenvalue weighted by Crippen LogP contribution is -2.32. The number of halogens is 1. The zero-order valence-corrected chi connectivity index (χ0v) is 9.65. The van der Waals surface area contributed by atoms with Crippen LogP contribution in [0.2, 0.25) is 5.02 Å². The summed E-state index contributed by atoms with van der Waals surface area (Å²) < 4.78 is 0. The van der Waals surface area contributed by atoms with Crippen molar-refractivity contribution in [3.8, 4) is 0 Å². The molecule has 2 N–H and O–H groups in total. The van der Waals surface area contributed by atoms with Crippen molar-refractivity contribution in [3.05, 3.63) is 29.0 Å². The van der Waals surface area contributed by atoms with Crippen LogP contribution in [0.5, 0.6) is 0 Å². The minimum Gasteiger partial charge on any atom is -0.390 e. The fraction of sp³-hybridized carbons (Fsp3) is 0.545. The third-order valence-corrected chi connectivity index (χ3v) is 2.70. The average Bonchev–Trinajstić information content (AvgIpc) is 2.20. The summed E-state index contributed by atoms with van der Waals surface area (Å²) in [5, 5.41) is 19.9. The molecule has 1 rings (SSSR count). The second kappa shape index (κ2) is 5.45. The Hall–Kier alpha value is -0.640. The van der Waals surface area contributed by atoms with Crippen molar-refractivity contribution in [2.45, 2.75) is 32.5 Å². The molecule has 0 aromatic carbocycles. The SMILES string of the molecule is CC(C)C(O)C(O)Cc1ccncc1Cl. The maximum atomic E-state index is 9.74. The van der Waals surface area contributed by atoms with Gasteiger partial charge in [-0.2, -0.15) is 0 Å². The first-order valence-electron chi connectivity index (χ1n) is 4.97. The van der Waals surface area contributed by atoms with Gasteiger partial charge in [0.2, 0.25) is 0 Å². The molecule has 2 unspecified atom stereocenters. The minimum absolute atomic E-state index is 0.0283. The quantitative estimate of drug-likeness (QED) is 0.826. The van der Waals surface area contributed by atoms with E-state index in [-0.39, 0.29) is 5.92 Å². The fourth-order valence-electron chi connectivity index (χ4n) is 1.36. The van der Waals surface area contributed by atoms with Gasteiger partial charge in [-0.15, -0.1) is 0 Å². The molecule has 2 atom stereocenters. The molecule has 0 aliphatic heterocycles. The summed E-state index contributed by atoms with van der Waals surface area (Å²) in [5.74, 6) is 0.0283. The van der Waals surface area contributed by atoms with Gasteiger partial charge in [-0.1, -0.05) is 25.4 Å².